The third kappa shape index (κ3) is 6.94. The van der Waals surface area contributed by atoms with E-state index in [-0.39, 0.29) is 17.4 Å². The van der Waals surface area contributed by atoms with E-state index < -0.39 is 29.0 Å². The maximum absolute atomic E-state index is 13.5. The van der Waals surface area contributed by atoms with Crippen LogP contribution in [-0.2, 0) is 14.4 Å². The van der Waals surface area contributed by atoms with E-state index in [0.717, 1.165) is 11.1 Å². The Kier molecular flexibility index (Phi) is 8.83. The predicted octanol–water partition coefficient (Wildman–Crippen LogP) is 5.77. The number of aryl methyl sites for hydroxylation is 1. The van der Waals surface area contributed by atoms with Crippen LogP contribution in [0.4, 0.5) is 11.4 Å². The van der Waals surface area contributed by atoms with Gasteiger partial charge in [0.1, 0.15) is 5.25 Å². The summed E-state index contributed by atoms with van der Waals surface area (Å²) in [5, 5.41) is 23.9. The molecular formula is C30H28N2O6S. The fraction of sp³-hybridized carbons (Fsp3) is 0.200. The summed E-state index contributed by atoms with van der Waals surface area (Å²) >= 11 is 1.28. The van der Waals surface area contributed by atoms with Gasteiger partial charge in [-0.25, -0.2) is 4.79 Å². The highest BCUT2D eigenvalue weighted by Crippen LogP contribution is 2.38. The molecule has 3 atom stereocenters. The van der Waals surface area contributed by atoms with Gasteiger partial charge in [-0.05, 0) is 61.2 Å². The number of rotatable bonds is 9. The van der Waals surface area contributed by atoms with Gasteiger partial charge < -0.3 is 20.8 Å². The topological polar surface area (TPSA) is 133 Å². The van der Waals surface area contributed by atoms with Gasteiger partial charge >= 0.3 is 11.9 Å². The van der Waals surface area contributed by atoms with E-state index in [1.807, 2.05) is 42.5 Å². The Morgan fingerprint density at radius 3 is 2.26 bits per heavy atom. The fourth-order valence-electron chi connectivity index (χ4n) is 4.38. The monoisotopic (exact) mass is 544 g/mol. The van der Waals surface area contributed by atoms with Crippen molar-refractivity contribution >= 4 is 46.9 Å². The second-order valence-electron chi connectivity index (χ2n) is 9.24. The molecule has 0 aliphatic heterocycles. The Bertz CT molecular complexity index is 1420. The van der Waals surface area contributed by atoms with Crippen LogP contribution < -0.4 is 10.6 Å². The van der Waals surface area contributed by atoms with E-state index in [9.17, 15) is 29.4 Å². The summed E-state index contributed by atoms with van der Waals surface area (Å²) in [5.74, 6) is -4.22. The maximum Gasteiger partial charge on any atom is 0.335 e. The molecule has 8 nitrogen and oxygen atoms in total. The highest BCUT2D eigenvalue weighted by Gasteiger charge is 2.34. The van der Waals surface area contributed by atoms with E-state index >= 15 is 0 Å². The van der Waals surface area contributed by atoms with Crippen LogP contribution in [0, 0.1) is 18.8 Å². The van der Waals surface area contributed by atoms with Gasteiger partial charge in [0, 0.05) is 16.3 Å². The number of carboxylic acids is 2. The first-order valence-corrected chi connectivity index (χ1v) is 13.3. The molecular weight excluding hydrogens is 516 g/mol. The van der Waals surface area contributed by atoms with Crippen LogP contribution in [0.25, 0.3) is 0 Å². The van der Waals surface area contributed by atoms with E-state index in [1.165, 1.54) is 23.9 Å². The van der Waals surface area contributed by atoms with E-state index in [1.54, 1.807) is 37.3 Å². The Morgan fingerprint density at radius 1 is 0.846 bits per heavy atom. The number of benzene rings is 3. The van der Waals surface area contributed by atoms with Gasteiger partial charge in [-0.2, -0.15) is 0 Å². The van der Waals surface area contributed by atoms with Gasteiger partial charge in [-0.1, -0.05) is 54.6 Å². The first kappa shape index (κ1) is 27.7. The zero-order valence-corrected chi connectivity index (χ0v) is 22.0. The molecule has 200 valence electrons. The Morgan fingerprint density at radius 2 is 1.56 bits per heavy atom. The summed E-state index contributed by atoms with van der Waals surface area (Å²) in [7, 11) is 0. The summed E-state index contributed by atoms with van der Waals surface area (Å²) in [6, 6.07) is 20.8. The summed E-state index contributed by atoms with van der Waals surface area (Å²) in [5.41, 5.74) is 2.46. The number of allylic oxidation sites excluding steroid dienone is 2. The standard InChI is InChI=1S/C30H28N2O6S/c1-18-14-15-20(29(35)36)16-25(18)32-28(34)26(19-8-3-2-4-9-19)39-22-11-7-10-21(17-22)31-27(33)23-12-5-6-13-24(23)30(37)38/h2-11,14-17,23-24,26H,12-13H2,1H3,(H,31,33)(H,32,34)(H,35,36)(H,37,38). The normalized spacial score (nSPS) is 17.2. The minimum Gasteiger partial charge on any atom is -0.481 e. The number of carbonyl (C=O) groups is 4. The molecule has 9 heteroatoms. The number of hydrogen-bond acceptors (Lipinski definition) is 5. The van der Waals surface area contributed by atoms with Crippen LogP contribution in [0.2, 0.25) is 0 Å². The van der Waals surface area contributed by atoms with Gasteiger partial charge in [0.2, 0.25) is 11.8 Å². The molecule has 0 saturated carbocycles. The summed E-state index contributed by atoms with van der Waals surface area (Å²) in [6.07, 6.45) is 4.28. The van der Waals surface area contributed by atoms with Gasteiger partial charge in [0.05, 0.1) is 17.4 Å². The lowest BCUT2D eigenvalue weighted by Crippen LogP contribution is -2.34. The molecule has 2 amide bonds. The largest absolute Gasteiger partial charge is 0.481 e. The van der Waals surface area contributed by atoms with Gasteiger partial charge in [0.15, 0.2) is 0 Å². The highest BCUT2D eigenvalue weighted by molar-refractivity contribution is 8.00. The molecule has 3 unspecified atom stereocenters. The van der Waals surface area contributed by atoms with Crippen LogP contribution in [0.3, 0.4) is 0 Å². The lowest BCUT2D eigenvalue weighted by Gasteiger charge is -2.24. The zero-order valence-electron chi connectivity index (χ0n) is 21.2. The second-order valence-corrected chi connectivity index (χ2v) is 10.4. The molecule has 0 spiro atoms. The van der Waals surface area contributed by atoms with Gasteiger partial charge in [-0.3, -0.25) is 14.4 Å². The molecule has 0 aromatic heterocycles. The van der Waals surface area contributed by atoms with Crippen molar-refractivity contribution in [2.45, 2.75) is 29.9 Å². The summed E-state index contributed by atoms with van der Waals surface area (Å²) in [6.45, 7) is 1.79. The summed E-state index contributed by atoms with van der Waals surface area (Å²) in [4.78, 5) is 50.2. The third-order valence-corrected chi connectivity index (χ3v) is 7.77. The maximum atomic E-state index is 13.5. The van der Waals surface area contributed by atoms with Crippen LogP contribution in [-0.4, -0.2) is 34.0 Å². The van der Waals surface area contributed by atoms with Crippen molar-refractivity contribution in [3.8, 4) is 0 Å². The molecule has 3 aromatic carbocycles. The first-order chi connectivity index (χ1) is 18.7. The van der Waals surface area contributed by atoms with Crippen molar-refractivity contribution in [2.24, 2.45) is 11.8 Å². The molecule has 0 saturated heterocycles. The second kappa shape index (κ2) is 12.4. The number of nitrogens with one attached hydrogen (secondary N) is 2. The molecule has 0 fully saturated rings. The number of carboxylic acid groups (broad SMARTS) is 2. The number of aliphatic carboxylic acids is 1. The zero-order chi connectivity index (χ0) is 27.9. The van der Waals surface area contributed by atoms with Crippen molar-refractivity contribution in [3.05, 3.63) is 102 Å². The molecule has 1 aliphatic carbocycles. The van der Waals surface area contributed by atoms with Crippen molar-refractivity contribution in [2.75, 3.05) is 10.6 Å². The van der Waals surface area contributed by atoms with Crippen LogP contribution in [0.15, 0.2) is 89.8 Å². The first-order valence-electron chi connectivity index (χ1n) is 12.4. The Balaban J connectivity index is 1.55. The number of carbonyl (C=O) groups excluding carboxylic acids is 2. The molecule has 3 aromatic rings. The number of thioether (sulfide) groups is 1. The number of aromatic carboxylic acids is 1. The van der Waals surface area contributed by atoms with Crippen molar-refractivity contribution in [1.82, 2.24) is 0 Å². The lowest BCUT2D eigenvalue weighted by molar-refractivity contribution is -0.146. The van der Waals surface area contributed by atoms with E-state index in [4.69, 9.17) is 0 Å². The summed E-state index contributed by atoms with van der Waals surface area (Å²) < 4.78 is 0. The van der Waals surface area contributed by atoms with Crippen molar-refractivity contribution in [3.63, 3.8) is 0 Å². The predicted molar refractivity (Wildman–Crippen MR) is 150 cm³/mol. The number of hydrogen-bond donors (Lipinski definition) is 4. The molecule has 4 rings (SSSR count). The average Bonchev–Trinajstić information content (AvgIpc) is 2.93. The van der Waals surface area contributed by atoms with Gasteiger partial charge in [-0.15, -0.1) is 11.8 Å². The minimum absolute atomic E-state index is 0.0712. The third-order valence-electron chi connectivity index (χ3n) is 6.52. The van der Waals surface area contributed by atoms with E-state index in [2.05, 4.69) is 10.6 Å². The fourth-order valence-corrected chi connectivity index (χ4v) is 5.47. The SMILES string of the molecule is Cc1ccc(C(=O)O)cc1NC(=O)C(Sc1cccc(NC(=O)C2CC=CCC2C(=O)O)c1)c1ccccc1. The average molecular weight is 545 g/mol. The van der Waals surface area contributed by atoms with Crippen LogP contribution in [0.5, 0.6) is 0 Å². The molecule has 1 aliphatic rings. The molecule has 39 heavy (non-hydrogen) atoms. The molecule has 0 bridgehead atoms. The quantitative estimate of drug-likeness (QED) is 0.199. The minimum atomic E-state index is -1.09. The Labute approximate surface area is 230 Å². The molecule has 0 heterocycles. The van der Waals surface area contributed by atoms with Crippen LogP contribution >= 0.6 is 11.8 Å². The molecule has 4 N–H and O–H groups in total. The highest BCUT2D eigenvalue weighted by atomic mass is 32.2. The smallest absolute Gasteiger partial charge is 0.335 e. The lowest BCUT2D eigenvalue weighted by atomic mass is 9.82. The van der Waals surface area contributed by atoms with Crippen molar-refractivity contribution < 1.29 is 29.4 Å². The number of amides is 2. The Hall–Kier alpha value is -4.37. The van der Waals surface area contributed by atoms with Gasteiger partial charge in [0.25, 0.3) is 0 Å². The van der Waals surface area contributed by atoms with Crippen molar-refractivity contribution in [1.29, 1.82) is 0 Å². The van der Waals surface area contributed by atoms with E-state index in [0.29, 0.717) is 29.1 Å². The van der Waals surface area contributed by atoms with Crippen LogP contribution in [0.1, 0.15) is 39.6 Å². The number of anilines is 2. The molecule has 0 radical (unpaired) electrons.